The predicted octanol–water partition coefficient (Wildman–Crippen LogP) is 4.34. The second-order valence-corrected chi connectivity index (χ2v) is 6.06. The molecule has 0 saturated carbocycles. The van der Waals surface area contributed by atoms with E-state index in [9.17, 15) is 4.79 Å². The molecule has 0 unspecified atom stereocenters. The first-order valence-corrected chi connectivity index (χ1v) is 7.99. The van der Waals surface area contributed by atoms with Gasteiger partial charge in [0, 0.05) is 16.6 Å². The van der Waals surface area contributed by atoms with Crippen LogP contribution in [0, 0.1) is 6.92 Å². The van der Waals surface area contributed by atoms with Crippen LogP contribution in [0.1, 0.15) is 21.7 Å². The predicted molar refractivity (Wildman–Crippen MR) is 92.0 cm³/mol. The first-order valence-electron chi connectivity index (χ1n) is 7.19. The van der Waals surface area contributed by atoms with Crippen LogP contribution in [0.15, 0.2) is 63.6 Å². The van der Waals surface area contributed by atoms with Crippen LogP contribution >= 0.6 is 15.9 Å². The lowest BCUT2D eigenvalue weighted by atomic mass is 10.1. The maximum atomic E-state index is 12.6. The van der Waals surface area contributed by atoms with Gasteiger partial charge in [0.2, 0.25) is 0 Å². The molecule has 1 N–H and O–H groups in total. The molecule has 0 aliphatic carbocycles. The van der Waals surface area contributed by atoms with Crippen molar-refractivity contribution < 1.29 is 9.32 Å². The second-order valence-electron chi connectivity index (χ2n) is 5.14. The summed E-state index contributed by atoms with van der Waals surface area (Å²) in [6, 6.07) is 17.4. The fourth-order valence-corrected chi connectivity index (χ4v) is 2.74. The fourth-order valence-electron chi connectivity index (χ4n) is 2.34. The Bertz CT molecular complexity index is 828. The van der Waals surface area contributed by atoms with Gasteiger partial charge in [-0.1, -0.05) is 63.6 Å². The van der Waals surface area contributed by atoms with Gasteiger partial charge in [0.1, 0.15) is 17.0 Å². The summed E-state index contributed by atoms with van der Waals surface area (Å²) in [5.41, 5.74) is 2.90. The summed E-state index contributed by atoms with van der Waals surface area (Å²) in [7, 11) is 0. The molecule has 3 aromatic rings. The molecule has 4 nitrogen and oxygen atoms in total. The highest BCUT2D eigenvalue weighted by atomic mass is 79.9. The molecule has 0 spiro atoms. The number of aryl methyl sites for hydroxylation is 1. The van der Waals surface area contributed by atoms with Gasteiger partial charge in [0.25, 0.3) is 5.91 Å². The lowest BCUT2D eigenvalue weighted by Crippen LogP contribution is -2.23. The SMILES string of the molecule is Cc1onc(-c2cccc(Br)c2)c1C(=O)NCc1ccccc1. The molecule has 0 atom stereocenters. The van der Waals surface area contributed by atoms with E-state index < -0.39 is 0 Å². The van der Waals surface area contributed by atoms with Gasteiger partial charge in [0.05, 0.1) is 0 Å². The summed E-state index contributed by atoms with van der Waals surface area (Å²) < 4.78 is 6.16. The van der Waals surface area contributed by atoms with E-state index in [4.69, 9.17) is 4.52 Å². The summed E-state index contributed by atoms with van der Waals surface area (Å²) in [5.74, 6) is 0.313. The maximum absolute atomic E-state index is 12.6. The summed E-state index contributed by atoms with van der Waals surface area (Å²) in [4.78, 5) is 12.6. The molecule has 116 valence electrons. The van der Waals surface area contributed by atoms with Crippen LogP contribution in [-0.2, 0) is 6.54 Å². The maximum Gasteiger partial charge on any atom is 0.257 e. The number of benzene rings is 2. The highest BCUT2D eigenvalue weighted by molar-refractivity contribution is 9.10. The Labute approximate surface area is 142 Å². The zero-order valence-corrected chi connectivity index (χ0v) is 14.1. The quantitative estimate of drug-likeness (QED) is 0.742. The lowest BCUT2D eigenvalue weighted by Gasteiger charge is -2.06. The Morgan fingerprint density at radius 2 is 1.96 bits per heavy atom. The summed E-state index contributed by atoms with van der Waals surface area (Å²) >= 11 is 3.43. The molecular weight excluding hydrogens is 356 g/mol. The van der Waals surface area contributed by atoms with Gasteiger partial charge in [-0.25, -0.2) is 0 Å². The average Bonchev–Trinajstić information content (AvgIpc) is 2.95. The Morgan fingerprint density at radius 3 is 2.70 bits per heavy atom. The van der Waals surface area contributed by atoms with Crippen LogP contribution < -0.4 is 5.32 Å². The molecule has 23 heavy (non-hydrogen) atoms. The van der Waals surface area contributed by atoms with Crippen molar-refractivity contribution in [2.45, 2.75) is 13.5 Å². The third-order valence-corrected chi connectivity index (χ3v) is 3.98. The minimum absolute atomic E-state index is 0.192. The molecule has 0 fully saturated rings. The number of aromatic nitrogens is 1. The van der Waals surface area contributed by atoms with Crippen molar-refractivity contribution in [2.75, 3.05) is 0 Å². The second kappa shape index (κ2) is 6.79. The molecule has 0 aliphatic rings. The standard InChI is InChI=1S/C18H15BrN2O2/c1-12-16(18(22)20-11-13-6-3-2-4-7-13)17(21-23-12)14-8-5-9-15(19)10-14/h2-10H,11H2,1H3,(H,20,22). The van der Waals surface area contributed by atoms with Crippen molar-refractivity contribution in [3.8, 4) is 11.3 Å². The first kappa shape index (κ1) is 15.5. The molecule has 5 heteroatoms. The lowest BCUT2D eigenvalue weighted by molar-refractivity contribution is 0.0950. The minimum Gasteiger partial charge on any atom is -0.360 e. The number of rotatable bonds is 4. The van der Waals surface area contributed by atoms with Crippen LogP contribution in [0.2, 0.25) is 0 Å². The molecule has 2 aromatic carbocycles. The molecule has 1 heterocycles. The van der Waals surface area contributed by atoms with E-state index in [0.29, 0.717) is 23.6 Å². The Morgan fingerprint density at radius 1 is 1.17 bits per heavy atom. The smallest absolute Gasteiger partial charge is 0.257 e. The zero-order chi connectivity index (χ0) is 16.2. The van der Waals surface area contributed by atoms with Crippen LogP contribution in [0.5, 0.6) is 0 Å². The van der Waals surface area contributed by atoms with Gasteiger partial charge in [-0.3, -0.25) is 4.79 Å². The van der Waals surface area contributed by atoms with E-state index in [1.54, 1.807) is 6.92 Å². The third-order valence-electron chi connectivity index (χ3n) is 3.48. The topological polar surface area (TPSA) is 55.1 Å². The minimum atomic E-state index is -0.192. The molecule has 0 aliphatic heterocycles. The van der Waals surface area contributed by atoms with Crippen molar-refractivity contribution >= 4 is 21.8 Å². The highest BCUT2D eigenvalue weighted by Crippen LogP contribution is 2.27. The van der Waals surface area contributed by atoms with E-state index in [0.717, 1.165) is 15.6 Å². The summed E-state index contributed by atoms with van der Waals surface area (Å²) in [5, 5.41) is 6.96. The molecule has 1 aromatic heterocycles. The molecule has 1 amide bonds. The van der Waals surface area contributed by atoms with Crippen molar-refractivity contribution in [3.05, 3.63) is 76.0 Å². The van der Waals surface area contributed by atoms with Crippen molar-refractivity contribution in [1.82, 2.24) is 10.5 Å². The van der Waals surface area contributed by atoms with Gasteiger partial charge >= 0.3 is 0 Å². The van der Waals surface area contributed by atoms with Gasteiger partial charge in [-0.2, -0.15) is 0 Å². The monoisotopic (exact) mass is 370 g/mol. The van der Waals surface area contributed by atoms with E-state index >= 15 is 0 Å². The summed E-state index contributed by atoms with van der Waals surface area (Å²) in [6.07, 6.45) is 0. The number of halogens is 1. The Hall–Kier alpha value is -2.40. The van der Waals surface area contributed by atoms with Crippen molar-refractivity contribution in [2.24, 2.45) is 0 Å². The van der Waals surface area contributed by atoms with E-state index in [-0.39, 0.29) is 5.91 Å². The van der Waals surface area contributed by atoms with Crippen LogP contribution in [0.4, 0.5) is 0 Å². The van der Waals surface area contributed by atoms with Crippen LogP contribution in [0.25, 0.3) is 11.3 Å². The Kier molecular flexibility index (Phi) is 4.57. The molecule has 0 radical (unpaired) electrons. The fraction of sp³-hybridized carbons (Fsp3) is 0.111. The first-order chi connectivity index (χ1) is 11.1. The Balaban J connectivity index is 1.85. The van der Waals surface area contributed by atoms with E-state index in [2.05, 4.69) is 26.4 Å². The normalized spacial score (nSPS) is 10.5. The number of nitrogens with zero attached hydrogens (tertiary/aromatic N) is 1. The van der Waals surface area contributed by atoms with Crippen molar-refractivity contribution in [1.29, 1.82) is 0 Å². The van der Waals surface area contributed by atoms with E-state index in [1.807, 2.05) is 54.6 Å². The average molecular weight is 371 g/mol. The van der Waals surface area contributed by atoms with Gasteiger partial charge in [-0.05, 0) is 24.6 Å². The number of hydrogen-bond acceptors (Lipinski definition) is 3. The number of amides is 1. The van der Waals surface area contributed by atoms with Crippen LogP contribution in [0.3, 0.4) is 0 Å². The molecular formula is C18H15BrN2O2. The number of carbonyl (C=O) groups is 1. The molecule has 3 rings (SSSR count). The molecule has 0 bridgehead atoms. The number of nitrogens with one attached hydrogen (secondary N) is 1. The number of hydrogen-bond donors (Lipinski definition) is 1. The molecule has 0 saturated heterocycles. The van der Waals surface area contributed by atoms with Crippen molar-refractivity contribution in [3.63, 3.8) is 0 Å². The highest BCUT2D eigenvalue weighted by Gasteiger charge is 2.21. The van der Waals surface area contributed by atoms with Gasteiger partial charge in [-0.15, -0.1) is 0 Å². The largest absolute Gasteiger partial charge is 0.360 e. The van der Waals surface area contributed by atoms with E-state index in [1.165, 1.54) is 0 Å². The summed E-state index contributed by atoms with van der Waals surface area (Å²) in [6.45, 7) is 2.20. The number of carbonyl (C=O) groups excluding carboxylic acids is 1. The third kappa shape index (κ3) is 3.51. The van der Waals surface area contributed by atoms with Gasteiger partial charge < -0.3 is 9.84 Å². The van der Waals surface area contributed by atoms with Gasteiger partial charge in [0.15, 0.2) is 0 Å². The van der Waals surface area contributed by atoms with Crippen LogP contribution in [-0.4, -0.2) is 11.1 Å². The zero-order valence-electron chi connectivity index (χ0n) is 12.5.